The number of aryl methyl sites for hydroxylation is 1. The Morgan fingerprint density at radius 3 is 2.31 bits per heavy atom. The summed E-state index contributed by atoms with van der Waals surface area (Å²) in [6, 6.07) is 20.7. The molecule has 0 aliphatic rings. The minimum Gasteiger partial charge on any atom is -0.448 e. The van der Waals surface area contributed by atoms with Crippen molar-refractivity contribution in [1.82, 2.24) is 4.90 Å². The number of carbonyl (C=O) groups excluding carboxylic acids is 2. The van der Waals surface area contributed by atoms with Crippen LogP contribution in [0.25, 0.3) is 21.7 Å². The summed E-state index contributed by atoms with van der Waals surface area (Å²) in [6.45, 7) is 1.82. The van der Waals surface area contributed by atoms with Crippen LogP contribution in [0.1, 0.15) is 27.8 Å². The van der Waals surface area contributed by atoms with Crippen LogP contribution in [-0.4, -0.2) is 30.9 Å². The minimum atomic E-state index is -1.04. The largest absolute Gasteiger partial charge is 0.448 e. The molecule has 0 fully saturated rings. The van der Waals surface area contributed by atoms with Gasteiger partial charge in [-0.25, -0.2) is 4.79 Å². The van der Waals surface area contributed by atoms with Crippen molar-refractivity contribution < 1.29 is 18.7 Å². The molecule has 0 saturated carbocycles. The maximum atomic E-state index is 13.0. The van der Waals surface area contributed by atoms with Gasteiger partial charge in [0.1, 0.15) is 5.58 Å². The lowest BCUT2D eigenvalue weighted by Gasteiger charge is -2.20. The average Bonchev–Trinajstić information content (AvgIpc) is 3.09. The molecular formula is C24H21NO4. The quantitative estimate of drug-likeness (QED) is 0.468. The number of hydrogen-bond acceptors (Lipinski definition) is 4. The van der Waals surface area contributed by atoms with E-state index >= 15 is 0 Å². The third kappa shape index (κ3) is 3.36. The first-order valence-corrected chi connectivity index (χ1v) is 9.35. The standard InChI is InChI=1S/C24H21NO4/c1-15-18-14-13-16-9-7-8-12-19(16)22(18)28-20(15)24(27)29-21(23(26)25(2)3)17-10-5-4-6-11-17/h4-14,21H,1-3H3/t21-/m0/s1. The summed E-state index contributed by atoms with van der Waals surface area (Å²) in [6.07, 6.45) is -1.04. The normalized spacial score (nSPS) is 12.1. The second-order valence-corrected chi connectivity index (χ2v) is 7.15. The number of rotatable bonds is 4. The molecule has 0 saturated heterocycles. The van der Waals surface area contributed by atoms with Crippen molar-refractivity contribution in [3.63, 3.8) is 0 Å². The molecule has 146 valence electrons. The Labute approximate surface area is 168 Å². The topological polar surface area (TPSA) is 59.8 Å². The molecule has 1 heterocycles. The van der Waals surface area contributed by atoms with E-state index in [0.717, 1.165) is 16.2 Å². The van der Waals surface area contributed by atoms with E-state index in [1.807, 2.05) is 49.4 Å². The van der Waals surface area contributed by atoms with E-state index in [-0.39, 0.29) is 11.7 Å². The lowest BCUT2D eigenvalue weighted by atomic mass is 10.1. The lowest BCUT2D eigenvalue weighted by Crippen LogP contribution is -2.31. The Morgan fingerprint density at radius 2 is 1.59 bits per heavy atom. The number of nitrogens with zero attached hydrogens (tertiary/aromatic N) is 1. The molecule has 5 heteroatoms. The number of benzene rings is 3. The molecule has 4 aromatic rings. The van der Waals surface area contributed by atoms with Gasteiger partial charge >= 0.3 is 5.97 Å². The molecule has 1 atom stereocenters. The number of amides is 1. The highest BCUT2D eigenvalue weighted by Crippen LogP contribution is 2.33. The van der Waals surface area contributed by atoms with Gasteiger partial charge in [0.25, 0.3) is 5.91 Å². The molecule has 0 N–H and O–H groups in total. The summed E-state index contributed by atoms with van der Waals surface area (Å²) in [4.78, 5) is 27.1. The van der Waals surface area contributed by atoms with Gasteiger partial charge in [-0.2, -0.15) is 0 Å². The molecule has 0 radical (unpaired) electrons. The van der Waals surface area contributed by atoms with Crippen LogP contribution in [0.15, 0.2) is 71.1 Å². The maximum absolute atomic E-state index is 13.0. The number of likely N-dealkylation sites (N-methyl/N-ethyl adjacent to an activating group) is 1. The third-order valence-corrected chi connectivity index (χ3v) is 5.01. The van der Waals surface area contributed by atoms with Gasteiger partial charge in [0.2, 0.25) is 11.9 Å². The molecule has 0 spiro atoms. The second kappa shape index (κ2) is 7.43. The minimum absolute atomic E-state index is 0.115. The summed E-state index contributed by atoms with van der Waals surface area (Å²) >= 11 is 0. The third-order valence-electron chi connectivity index (χ3n) is 5.01. The van der Waals surface area contributed by atoms with Crippen LogP contribution in [0.4, 0.5) is 0 Å². The van der Waals surface area contributed by atoms with E-state index < -0.39 is 12.1 Å². The van der Waals surface area contributed by atoms with E-state index in [2.05, 4.69) is 0 Å². The Kier molecular flexibility index (Phi) is 4.80. The molecule has 4 rings (SSSR count). The molecule has 3 aromatic carbocycles. The molecule has 0 unspecified atom stereocenters. The number of carbonyl (C=O) groups is 2. The predicted octanol–water partition coefficient (Wildman–Crippen LogP) is 4.88. The van der Waals surface area contributed by atoms with E-state index in [1.54, 1.807) is 38.4 Å². The molecule has 1 amide bonds. The first-order valence-electron chi connectivity index (χ1n) is 9.35. The number of ether oxygens (including phenoxy) is 1. The van der Waals surface area contributed by atoms with Gasteiger partial charge in [-0.3, -0.25) is 4.79 Å². The Hall–Kier alpha value is -3.60. The number of esters is 1. The van der Waals surface area contributed by atoms with Gasteiger partial charge < -0.3 is 14.1 Å². The highest BCUT2D eigenvalue weighted by atomic mass is 16.6. The molecule has 1 aromatic heterocycles. The van der Waals surface area contributed by atoms with Crippen LogP contribution >= 0.6 is 0 Å². The summed E-state index contributed by atoms with van der Waals surface area (Å²) in [5.74, 6) is -0.862. The van der Waals surface area contributed by atoms with Crippen LogP contribution < -0.4 is 0 Å². The van der Waals surface area contributed by atoms with Gasteiger partial charge in [-0.15, -0.1) is 0 Å². The van der Waals surface area contributed by atoms with Crippen molar-refractivity contribution in [2.75, 3.05) is 14.1 Å². The first-order chi connectivity index (χ1) is 14.0. The second-order valence-electron chi connectivity index (χ2n) is 7.15. The van der Waals surface area contributed by atoms with Gasteiger partial charge in [-0.1, -0.05) is 66.7 Å². The SMILES string of the molecule is Cc1c(C(=O)O[C@H](C(=O)N(C)C)c2ccccc2)oc2c1ccc1ccccc12. The zero-order chi connectivity index (χ0) is 20.5. The van der Waals surface area contributed by atoms with Crippen LogP contribution in [0, 0.1) is 6.92 Å². The maximum Gasteiger partial charge on any atom is 0.375 e. The lowest BCUT2D eigenvalue weighted by molar-refractivity contribution is -0.138. The van der Waals surface area contributed by atoms with Gasteiger partial charge in [0.15, 0.2) is 0 Å². The highest BCUT2D eigenvalue weighted by molar-refractivity contribution is 6.08. The molecule has 0 bridgehead atoms. The van der Waals surface area contributed by atoms with Crippen molar-refractivity contribution in [3.8, 4) is 0 Å². The van der Waals surface area contributed by atoms with E-state index in [9.17, 15) is 9.59 Å². The summed E-state index contributed by atoms with van der Waals surface area (Å²) < 4.78 is 11.6. The van der Waals surface area contributed by atoms with Crippen LogP contribution in [0.2, 0.25) is 0 Å². The van der Waals surface area contributed by atoms with Crippen molar-refractivity contribution in [2.45, 2.75) is 13.0 Å². The van der Waals surface area contributed by atoms with Crippen LogP contribution in [0.3, 0.4) is 0 Å². The smallest absolute Gasteiger partial charge is 0.375 e. The van der Waals surface area contributed by atoms with E-state index in [1.165, 1.54) is 4.90 Å². The van der Waals surface area contributed by atoms with Crippen molar-refractivity contribution >= 4 is 33.6 Å². The van der Waals surface area contributed by atoms with E-state index in [0.29, 0.717) is 16.7 Å². The molecule has 0 aliphatic carbocycles. The summed E-state index contributed by atoms with van der Waals surface area (Å²) in [5.41, 5.74) is 1.95. The van der Waals surface area contributed by atoms with Gasteiger partial charge in [0, 0.05) is 36.0 Å². The fraction of sp³-hybridized carbons (Fsp3) is 0.167. The zero-order valence-electron chi connectivity index (χ0n) is 16.5. The fourth-order valence-electron chi connectivity index (χ4n) is 3.43. The van der Waals surface area contributed by atoms with Crippen molar-refractivity contribution in [1.29, 1.82) is 0 Å². The zero-order valence-corrected chi connectivity index (χ0v) is 16.5. The highest BCUT2D eigenvalue weighted by Gasteiger charge is 2.29. The van der Waals surface area contributed by atoms with Gasteiger partial charge in [0.05, 0.1) is 0 Å². The van der Waals surface area contributed by atoms with Crippen LogP contribution in [-0.2, 0) is 9.53 Å². The monoisotopic (exact) mass is 387 g/mol. The van der Waals surface area contributed by atoms with Crippen LogP contribution in [0.5, 0.6) is 0 Å². The number of fused-ring (bicyclic) bond motifs is 3. The molecular weight excluding hydrogens is 366 g/mol. The Balaban J connectivity index is 1.75. The molecule has 29 heavy (non-hydrogen) atoms. The first kappa shape index (κ1) is 18.7. The Morgan fingerprint density at radius 1 is 0.897 bits per heavy atom. The summed E-state index contributed by atoms with van der Waals surface area (Å²) in [7, 11) is 3.26. The van der Waals surface area contributed by atoms with E-state index in [4.69, 9.17) is 9.15 Å². The van der Waals surface area contributed by atoms with Gasteiger partial charge in [-0.05, 0) is 12.3 Å². The Bertz CT molecular complexity index is 1210. The average molecular weight is 387 g/mol. The predicted molar refractivity (Wildman–Crippen MR) is 112 cm³/mol. The number of furan rings is 1. The molecule has 0 aliphatic heterocycles. The number of hydrogen-bond donors (Lipinski definition) is 0. The van der Waals surface area contributed by atoms with Crippen molar-refractivity contribution in [3.05, 3.63) is 83.6 Å². The fourth-order valence-corrected chi connectivity index (χ4v) is 3.43. The van der Waals surface area contributed by atoms with Crippen molar-refractivity contribution in [2.24, 2.45) is 0 Å². The summed E-state index contributed by atoms with van der Waals surface area (Å²) in [5, 5.41) is 2.81. The molecule has 5 nitrogen and oxygen atoms in total.